The third-order valence-electron chi connectivity index (χ3n) is 3.46. The highest BCUT2D eigenvalue weighted by atomic mass is 32.1. The minimum absolute atomic E-state index is 0.0421. The second-order valence-corrected chi connectivity index (χ2v) is 6.26. The molecular weight excluding hydrogens is 328 g/mol. The average molecular weight is 344 g/mol. The number of aromatic nitrogens is 1. The van der Waals surface area contributed by atoms with Crippen LogP contribution in [0.3, 0.4) is 0 Å². The Balaban J connectivity index is 1.53. The van der Waals surface area contributed by atoms with Gasteiger partial charge in [0.2, 0.25) is 0 Å². The highest BCUT2D eigenvalue weighted by Crippen LogP contribution is 2.18. The van der Waals surface area contributed by atoms with E-state index < -0.39 is 12.1 Å². The molecule has 124 valence electrons. The normalized spacial score (nSPS) is 12.0. The fraction of sp³-hybridized carbons (Fsp3) is 0.235. The van der Waals surface area contributed by atoms with Crippen LogP contribution in [0, 0.1) is 0 Å². The molecule has 0 saturated carbocycles. The molecule has 1 aromatic carbocycles. The van der Waals surface area contributed by atoms with Gasteiger partial charge in [0, 0.05) is 10.3 Å². The minimum atomic E-state index is -0.865. The number of fused-ring (bicyclic) bond motifs is 1. The fourth-order valence-corrected chi connectivity index (χ4v) is 2.87. The van der Waals surface area contributed by atoms with E-state index >= 15 is 0 Å². The molecule has 3 aromatic rings. The number of thiophene rings is 1. The molecule has 0 spiro atoms. The second-order valence-electron chi connectivity index (χ2n) is 5.23. The molecule has 2 aromatic heterocycles. The van der Waals surface area contributed by atoms with Crippen LogP contribution >= 0.6 is 11.3 Å². The summed E-state index contributed by atoms with van der Waals surface area (Å²) in [6.45, 7) is 1.97. The van der Waals surface area contributed by atoms with Gasteiger partial charge >= 0.3 is 5.97 Å². The van der Waals surface area contributed by atoms with E-state index in [1.165, 1.54) is 0 Å². The lowest BCUT2D eigenvalue weighted by atomic mass is 10.2. The summed E-state index contributed by atoms with van der Waals surface area (Å²) in [7, 11) is 0. The highest BCUT2D eigenvalue weighted by Gasteiger charge is 2.20. The number of esters is 1. The lowest BCUT2D eigenvalue weighted by molar-refractivity contribution is -0.154. The standard InChI is InChI=1S/C17H16N2O4S/c1-11(17(21)18-10-12-5-4-8-24-12)22-16(20)9-14-13-6-2-3-7-15(13)23-19-14/h2-8,11H,9-10H2,1H3,(H,18,21)/t11-/m0/s1. The first kappa shape index (κ1) is 16.2. The lowest BCUT2D eigenvalue weighted by Gasteiger charge is -2.12. The van der Waals surface area contributed by atoms with Gasteiger partial charge in [-0.3, -0.25) is 9.59 Å². The molecule has 0 radical (unpaired) electrons. The molecular formula is C17H16N2O4S. The van der Waals surface area contributed by atoms with Gasteiger partial charge in [0.25, 0.3) is 5.91 Å². The minimum Gasteiger partial charge on any atom is -0.452 e. The van der Waals surface area contributed by atoms with Gasteiger partial charge in [-0.1, -0.05) is 23.4 Å². The number of para-hydroxylation sites is 1. The van der Waals surface area contributed by atoms with Crippen molar-refractivity contribution >= 4 is 34.2 Å². The third kappa shape index (κ3) is 3.80. The predicted molar refractivity (Wildman–Crippen MR) is 89.4 cm³/mol. The van der Waals surface area contributed by atoms with Gasteiger partial charge in [-0.15, -0.1) is 11.3 Å². The quantitative estimate of drug-likeness (QED) is 0.695. The van der Waals surface area contributed by atoms with Crippen molar-refractivity contribution in [2.75, 3.05) is 0 Å². The molecule has 1 N–H and O–H groups in total. The Kier molecular flexibility index (Phi) is 4.90. The van der Waals surface area contributed by atoms with Gasteiger partial charge < -0.3 is 14.6 Å². The van der Waals surface area contributed by atoms with Crippen molar-refractivity contribution in [1.29, 1.82) is 0 Å². The topological polar surface area (TPSA) is 81.4 Å². The van der Waals surface area contributed by atoms with Crippen molar-refractivity contribution in [3.63, 3.8) is 0 Å². The Hall–Kier alpha value is -2.67. The first-order valence-electron chi connectivity index (χ1n) is 7.46. The molecule has 1 amide bonds. The number of rotatable bonds is 6. The number of ether oxygens (including phenoxy) is 1. The van der Waals surface area contributed by atoms with Crippen molar-refractivity contribution in [2.24, 2.45) is 0 Å². The first-order valence-corrected chi connectivity index (χ1v) is 8.34. The Morgan fingerprint density at radius 2 is 2.12 bits per heavy atom. The van der Waals surface area contributed by atoms with E-state index in [2.05, 4.69) is 10.5 Å². The molecule has 0 aliphatic carbocycles. The van der Waals surface area contributed by atoms with E-state index in [-0.39, 0.29) is 12.3 Å². The lowest BCUT2D eigenvalue weighted by Crippen LogP contribution is -2.35. The molecule has 24 heavy (non-hydrogen) atoms. The third-order valence-corrected chi connectivity index (χ3v) is 4.33. The molecule has 2 heterocycles. The molecule has 6 nitrogen and oxygen atoms in total. The van der Waals surface area contributed by atoms with Crippen molar-refractivity contribution in [2.45, 2.75) is 26.0 Å². The van der Waals surface area contributed by atoms with Crippen molar-refractivity contribution in [1.82, 2.24) is 10.5 Å². The zero-order chi connectivity index (χ0) is 16.9. The van der Waals surface area contributed by atoms with E-state index in [0.717, 1.165) is 10.3 Å². The maximum absolute atomic E-state index is 12.0. The summed E-state index contributed by atoms with van der Waals surface area (Å²) in [6.07, 6.45) is -0.907. The van der Waals surface area contributed by atoms with Gasteiger partial charge in [0.1, 0.15) is 5.69 Å². The molecule has 7 heteroatoms. The summed E-state index contributed by atoms with van der Waals surface area (Å²) < 4.78 is 10.3. The van der Waals surface area contributed by atoms with Crippen LogP contribution in [0.25, 0.3) is 11.0 Å². The van der Waals surface area contributed by atoms with E-state index in [0.29, 0.717) is 17.8 Å². The summed E-state index contributed by atoms with van der Waals surface area (Å²) in [6, 6.07) is 11.1. The van der Waals surface area contributed by atoms with Crippen LogP contribution in [0.4, 0.5) is 0 Å². The molecule has 0 unspecified atom stereocenters. The Morgan fingerprint density at radius 1 is 1.29 bits per heavy atom. The smallest absolute Gasteiger partial charge is 0.312 e. The van der Waals surface area contributed by atoms with Crippen molar-refractivity contribution in [3.8, 4) is 0 Å². The number of hydrogen-bond donors (Lipinski definition) is 1. The van der Waals surface area contributed by atoms with Gasteiger partial charge in [0.05, 0.1) is 13.0 Å². The largest absolute Gasteiger partial charge is 0.452 e. The SMILES string of the molecule is C[C@H](OC(=O)Cc1noc2ccccc12)C(=O)NCc1cccs1. The number of carbonyl (C=O) groups is 2. The zero-order valence-corrected chi connectivity index (χ0v) is 13.8. The number of nitrogens with one attached hydrogen (secondary N) is 1. The van der Waals surface area contributed by atoms with E-state index in [4.69, 9.17) is 9.26 Å². The maximum Gasteiger partial charge on any atom is 0.312 e. The summed E-state index contributed by atoms with van der Waals surface area (Å²) in [5, 5.41) is 9.33. The zero-order valence-electron chi connectivity index (χ0n) is 13.0. The van der Waals surface area contributed by atoms with Crippen molar-refractivity contribution < 1.29 is 18.8 Å². The Bertz CT molecular complexity index is 841. The van der Waals surface area contributed by atoms with Gasteiger partial charge in [-0.25, -0.2) is 0 Å². The van der Waals surface area contributed by atoms with Crippen LogP contribution in [0.15, 0.2) is 46.3 Å². The Labute approximate surface area is 142 Å². The van der Waals surface area contributed by atoms with Crippen LogP contribution < -0.4 is 5.32 Å². The molecule has 0 saturated heterocycles. The molecule has 0 bridgehead atoms. The second kappa shape index (κ2) is 7.27. The molecule has 0 aliphatic heterocycles. The summed E-state index contributed by atoms with van der Waals surface area (Å²) in [4.78, 5) is 25.0. The Morgan fingerprint density at radius 3 is 2.92 bits per heavy atom. The van der Waals surface area contributed by atoms with Crippen LogP contribution in [-0.2, 0) is 27.3 Å². The summed E-state index contributed by atoms with van der Waals surface area (Å²) in [5.41, 5.74) is 1.11. The van der Waals surface area contributed by atoms with Gasteiger partial charge in [0.15, 0.2) is 11.7 Å². The van der Waals surface area contributed by atoms with Crippen LogP contribution in [0.5, 0.6) is 0 Å². The van der Waals surface area contributed by atoms with Crippen LogP contribution in [0.1, 0.15) is 17.5 Å². The van der Waals surface area contributed by atoms with E-state index in [9.17, 15) is 9.59 Å². The van der Waals surface area contributed by atoms with Gasteiger partial charge in [-0.05, 0) is 30.5 Å². The summed E-state index contributed by atoms with van der Waals surface area (Å²) in [5.74, 6) is -0.852. The monoisotopic (exact) mass is 344 g/mol. The molecule has 0 aliphatic rings. The number of benzene rings is 1. The fourth-order valence-electron chi connectivity index (χ4n) is 2.23. The van der Waals surface area contributed by atoms with Crippen LogP contribution in [0.2, 0.25) is 0 Å². The van der Waals surface area contributed by atoms with Crippen LogP contribution in [-0.4, -0.2) is 23.1 Å². The van der Waals surface area contributed by atoms with Gasteiger partial charge in [-0.2, -0.15) is 0 Å². The number of amides is 1. The molecule has 0 fully saturated rings. The predicted octanol–water partition coefficient (Wildman–Crippen LogP) is 2.68. The molecule has 1 atom stereocenters. The maximum atomic E-state index is 12.0. The first-order chi connectivity index (χ1) is 11.6. The van der Waals surface area contributed by atoms with E-state index in [1.54, 1.807) is 24.3 Å². The number of nitrogens with zero attached hydrogens (tertiary/aromatic N) is 1. The molecule has 3 rings (SSSR count). The average Bonchev–Trinajstić information content (AvgIpc) is 3.23. The summed E-state index contributed by atoms with van der Waals surface area (Å²) >= 11 is 1.55. The number of hydrogen-bond acceptors (Lipinski definition) is 6. The highest BCUT2D eigenvalue weighted by molar-refractivity contribution is 7.09. The number of carbonyl (C=O) groups excluding carboxylic acids is 2. The van der Waals surface area contributed by atoms with Crippen molar-refractivity contribution in [3.05, 3.63) is 52.3 Å². The van der Waals surface area contributed by atoms with E-state index in [1.807, 2.05) is 35.7 Å².